The summed E-state index contributed by atoms with van der Waals surface area (Å²) in [6, 6.07) is 9.81. The number of hydrogen-bond acceptors (Lipinski definition) is 5. The van der Waals surface area contributed by atoms with Crippen molar-refractivity contribution in [2.24, 2.45) is 0 Å². The van der Waals surface area contributed by atoms with Gasteiger partial charge >= 0.3 is 0 Å². The van der Waals surface area contributed by atoms with E-state index in [0.29, 0.717) is 37.4 Å². The average molecular weight is 364 g/mol. The first-order valence-corrected chi connectivity index (χ1v) is 9.82. The fourth-order valence-electron chi connectivity index (χ4n) is 2.88. The van der Waals surface area contributed by atoms with E-state index in [-0.39, 0.29) is 17.7 Å². The molecule has 0 saturated carbocycles. The van der Waals surface area contributed by atoms with Gasteiger partial charge in [-0.25, -0.2) is 8.42 Å². The number of carbonyl (C=O) groups is 1. The Morgan fingerprint density at radius 3 is 2.40 bits per heavy atom. The maximum atomic E-state index is 12.3. The molecule has 1 saturated heterocycles. The number of nitrogens with one attached hydrogen (secondary N) is 1. The van der Waals surface area contributed by atoms with Gasteiger partial charge in [0.1, 0.15) is 0 Å². The maximum Gasteiger partial charge on any atom is 0.291 e. The van der Waals surface area contributed by atoms with Crippen LogP contribution >= 0.6 is 0 Å². The van der Waals surface area contributed by atoms with Crippen LogP contribution in [0.3, 0.4) is 0 Å². The molecule has 0 atom stereocenters. The fourth-order valence-corrected chi connectivity index (χ4v) is 4.14. The van der Waals surface area contributed by atoms with Crippen LogP contribution in [0.4, 0.5) is 11.4 Å². The van der Waals surface area contributed by atoms with Crippen LogP contribution in [-0.4, -0.2) is 39.8 Å². The topological polar surface area (TPSA) is 88.9 Å². The van der Waals surface area contributed by atoms with E-state index in [1.54, 1.807) is 36.4 Å². The monoisotopic (exact) mass is 364 g/mol. The van der Waals surface area contributed by atoms with Crippen LogP contribution in [0.5, 0.6) is 0 Å². The maximum absolute atomic E-state index is 12.3. The number of hydrogen-bond donors (Lipinski definition) is 1. The van der Waals surface area contributed by atoms with Crippen molar-refractivity contribution in [3.8, 4) is 0 Å². The van der Waals surface area contributed by atoms with Gasteiger partial charge in [-0.15, -0.1) is 0 Å². The van der Waals surface area contributed by atoms with Crippen molar-refractivity contribution in [2.45, 2.75) is 18.9 Å². The molecule has 8 heteroatoms. The third-order valence-corrected chi connectivity index (χ3v) is 5.23. The second-order valence-electron chi connectivity index (χ2n) is 5.88. The van der Waals surface area contributed by atoms with Gasteiger partial charge in [-0.3, -0.25) is 9.10 Å². The average Bonchev–Trinajstić information content (AvgIpc) is 3.11. The van der Waals surface area contributed by atoms with Crippen LogP contribution in [0.15, 0.2) is 47.1 Å². The van der Waals surface area contributed by atoms with Gasteiger partial charge in [0.15, 0.2) is 5.76 Å². The molecule has 3 rings (SSSR count). The van der Waals surface area contributed by atoms with E-state index >= 15 is 0 Å². The lowest BCUT2D eigenvalue weighted by atomic mass is 10.1. The highest BCUT2D eigenvalue weighted by atomic mass is 32.2. The summed E-state index contributed by atoms with van der Waals surface area (Å²) in [6.07, 6.45) is 3.94. The molecule has 1 N–H and O–H groups in total. The molecule has 7 nitrogen and oxygen atoms in total. The van der Waals surface area contributed by atoms with Crippen LogP contribution < -0.4 is 9.62 Å². The number of ether oxygens (including phenoxy) is 1. The van der Waals surface area contributed by atoms with Gasteiger partial charge in [-0.2, -0.15) is 0 Å². The van der Waals surface area contributed by atoms with E-state index < -0.39 is 10.0 Å². The molecule has 2 heterocycles. The molecule has 0 spiro atoms. The summed E-state index contributed by atoms with van der Waals surface area (Å²) in [7, 11) is -3.41. The molecule has 0 aliphatic carbocycles. The van der Waals surface area contributed by atoms with E-state index in [0.717, 1.165) is 0 Å². The minimum absolute atomic E-state index is 0.118. The minimum Gasteiger partial charge on any atom is -0.459 e. The van der Waals surface area contributed by atoms with Gasteiger partial charge in [-0.1, -0.05) is 0 Å². The molecule has 1 aromatic heterocycles. The van der Waals surface area contributed by atoms with Crippen molar-refractivity contribution in [3.63, 3.8) is 0 Å². The van der Waals surface area contributed by atoms with Crippen molar-refractivity contribution in [3.05, 3.63) is 48.4 Å². The first-order chi connectivity index (χ1) is 11.9. The Morgan fingerprint density at radius 1 is 1.16 bits per heavy atom. The summed E-state index contributed by atoms with van der Waals surface area (Å²) in [6.45, 7) is 1.10. The van der Waals surface area contributed by atoms with E-state index in [4.69, 9.17) is 9.15 Å². The van der Waals surface area contributed by atoms with Gasteiger partial charge < -0.3 is 14.5 Å². The van der Waals surface area contributed by atoms with Crippen molar-refractivity contribution in [1.82, 2.24) is 0 Å². The lowest BCUT2D eigenvalue weighted by Gasteiger charge is -2.34. The lowest BCUT2D eigenvalue weighted by molar-refractivity contribution is 0.0875. The van der Waals surface area contributed by atoms with Crippen molar-refractivity contribution >= 4 is 27.3 Å². The zero-order chi connectivity index (χ0) is 17.9. The molecule has 1 aromatic carbocycles. The number of sulfonamides is 1. The minimum atomic E-state index is -3.41. The Kier molecular flexibility index (Phi) is 5.10. The molecule has 0 radical (unpaired) electrons. The number of amides is 1. The number of anilines is 2. The quantitative estimate of drug-likeness (QED) is 0.880. The number of carbonyl (C=O) groups excluding carboxylic acids is 1. The molecule has 1 fully saturated rings. The normalized spacial score (nSPS) is 15.7. The predicted octanol–water partition coefficient (Wildman–Crippen LogP) is 2.48. The molecular formula is C17H20N2O5S. The first kappa shape index (κ1) is 17.5. The largest absolute Gasteiger partial charge is 0.459 e. The van der Waals surface area contributed by atoms with Gasteiger partial charge in [0.2, 0.25) is 10.0 Å². The molecule has 0 unspecified atom stereocenters. The lowest BCUT2D eigenvalue weighted by Crippen LogP contribution is -2.43. The Labute approximate surface area is 146 Å². The van der Waals surface area contributed by atoms with E-state index in [2.05, 4.69) is 5.32 Å². The second-order valence-corrected chi connectivity index (χ2v) is 7.74. The third kappa shape index (κ3) is 4.21. The smallest absolute Gasteiger partial charge is 0.291 e. The highest BCUT2D eigenvalue weighted by Gasteiger charge is 2.28. The van der Waals surface area contributed by atoms with Gasteiger partial charge in [-0.05, 0) is 49.2 Å². The Morgan fingerprint density at radius 2 is 1.84 bits per heavy atom. The Hall–Kier alpha value is -2.32. The molecule has 0 bridgehead atoms. The van der Waals surface area contributed by atoms with Crippen LogP contribution in [0.25, 0.3) is 0 Å². The Bertz CT molecular complexity index is 809. The number of rotatable bonds is 5. The van der Waals surface area contributed by atoms with Crippen LogP contribution in [0.2, 0.25) is 0 Å². The van der Waals surface area contributed by atoms with Crippen LogP contribution in [0, 0.1) is 0 Å². The second kappa shape index (κ2) is 7.28. The molecule has 1 aliphatic heterocycles. The molecule has 1 amide bonds. The zero-order valence-electron chi connectivity index (χ0n) is 13.8. The third-order valence-electron chi connectivity index (χ3n) is 4.00. The molecule has 134 valence electrons. The molecule has 1 aliphatic rings. The summed E-state index contributed by atoms with van der Waals surface area (Å²) < 4.78 is 36.3. The Balaban J connectivity index is 1.78. The number of benzene rings is 1. The van der Waals surface area contributed by atoms with Crippen molar-refractivity contribution < 1.29 is 22.4 Å². The van der Waals surface area contributed by atoms with E-state index in [1.807, 2.05) is 0 Å². The predicted molar refractivity (Wildman–Crippen MR) is 94.3 cm³/mol. The fraction of sp³-hybridized carbons (Fsp3) is 0.353. The summed E-state index contributed by atoms with van der Waals surface area (Å²) in [4.78, 5) is 12.0. The first-order valence-electron chi connectivity index (χ1n) is 7.97. The van der Waals surface area contributed by atoms with Gasteiger partial charge in [0.05, 0.1) is 18.2 Å². The van der Waals surface area contributed by atoms with Crippen LogP contribution in [0.1, 0.15) is 23.4 Å². The summed E-state index contributed by atoms with van der Waals surface area (Å²) in [5, 5.41) is 2.71. The van der Waals surface area contributed by atoms with Crippen molar-refractivity contribution in [2.75, 3.05) is 29.1 Å². The number of nitrogens with zero attached hydrogens (tertiary/aromatic N) is 1. The number of furan rings is 1. The standard InChI is InChI=1S/C17H20N2O5S/c1-25(21,22)19(15-8-11-23-12-9-15)14-6-4-13(5-7-14)18-17(20)16-3-2-10-24-16/h2-7,10,15H,8-9,11-12H2,1H3,(H,18,20). The highest BCUT2D eigenvalue weighted by Crippen LogP contribution is 2.27. The SMILES string of the molecule is CS(=O)(=O)N(c1ccc(NC(=O)c2ccco2)cc1)C1CCOCC1. The van der Waals surface area contributed by atoms with Gasteiger partial charge in [0.25, 0.3) is 5.91 Å². The summed E-state index contributed by atoms with van der Waals surface area (Å²) in [5.41, 5.74) is 1.14. The highest BCUT2D eigenvalue weighted by molar-refractivity contribution is 7.92. The molecule has 2 aromatic rings. The summed E-state index contributed by atoms with van der Waals surface area (Å²) >= 11 is 0. The van der Waals surface area contributed by atoms with E-state index in [9.17, 15) is 13.2 Å². The van der Waals surface area contributed by atoms with Crippen LogP contribution in [-0.2, 0) is 14.8 Å². The molecular weight excluding hydrogens is 344 g/mol. The summed E-state index contributed by atoms with van der Waals surface area (Å²) in [5.74, 6) is -0.147. The zero-order valence-corrected chi connectivity index (χ0v) is 14.7. The van der Waals surface area contributed by atoms with Crippen molar-refractivity contribution in [1.29, 1.82) is 0 Å². The van der Waals surface area contributed by atoms with E-state index in [1.165, 1.54) is 16.8 Å². The molecule has 25 heavy (non-hydrogen) atoms. The van der Waals surface area contributed by atoms with Gasteiger partial charge in [0, 0.05) is 24.9 Å².